The van der Waals surface area contributed by atoms with Gasteiger partial charge in [0, 0.05) is 5.54 Å². The molecule has 178 valence electrons. The molecule has 33 heavy (non-hydrogen) atoms. The summed E-state index contributed by atoms with van der Waals surface area (Å²) in [6.45, 7) is 11.7. The highest BCUT2D eigenvalue weighted by molar-refractivity contribution is 7.01. The number of hydrogen-bond donors (Lipinski definition) is 1. The van der Waals surface area contributed by atoms with Crippen LogP contribution in [0.2, 0.25) is 5.54 Å². The smallest absolute Gasteiger partial charge is 0.194 e. The van der Waals surface area contributed by atoms with Gasteiger partial charge in [-0.2, -0.15) is 0 Å². The molecule has 5 rings (SSSR count). The Morgan fingerprint density at radius 3 is 1.33 bits per heavy atom. The van der Waals surface area contributed by atoms with Crippen molar-refractivity contribution in [3.8, 4) is 0 Å². The van der Waals surface area contributed by atoms with Crippen LogP contribution >= 0.6 is 0 Å². The molecule has 0 heterocycles. The van der Waals surface area contributed by atoms with Gasteiger partial charge in [0.25, 0.3) is 0 Å². The van der Waals surface area contributed by atoms with E-state index < -0.39 is 8.24 Å². The van der Waals surface area contributed by atoms with Crippen LogP contribution in [-0.2, 0) is 0 Å². The Morgan fingerprint density at radius 1 is 0.606 bits per heavy atom. The van der Waals surface area contributed by atoms with E-state index in [1.54, 1.807) is 10.4 Å². The van der Waals surface area contributed by atoms with Crippen LogP contribution in [0.3, 0.4) is 0 Å². The topological polar surface area (TPSA) is 12.0 Å². The number of aryl methyl sites for hydroxylation is 2. The molecule has 0 bridgehead atoms. The Bertz CT molecular complexity index is 871. The first-order chi connectivity index (χ1) is 15.8. The number of nitrogens with one attached hydrogen (secondary N) is 1. The molecule has 3 aliphatic carbocycles. The van der Waals surface area contributed by atoms with Crippen molar-refractivity contribution in [2.75, 3.05) is 0 Å². The fraction of sp³-hybridized carbons (Fsp3) is 0.613. The number of fused-ring (bicyclic) bond motifs is 3. The second-order valence-corrected chi connectivity index (χ2v) is 16.4. The summed E-state index contributed by atoms with van der Waals surface area (Å²) in [5, 5.41) is 3.24. The van der Waals surface area contributed by atoms with E-state index in [4.69, 9.17) is 0 Å². The highest BCUT2D eigenvalue weighted by atomic mass is 28.3. The van der Waals surface area contributed by atoms with Crippen LogP contribution in [0.5, 0.6) is 0 Å². The van der Waals surface area contributed by atoms with Crippen molar-refractivity contribution in [2.24, 2.45) is 23.7 Å². The SMILES string of the molecule is Cc1ccc([Si](NC(C)(C)C)(c2ccc(C)cc2)C2C3CCCCC3C3CCCCC32)cc1. The van der Waals surface area contributed by atoms with E-state index in [1.807, 2.05) is 0 Å². The summed E-state index contributed by atoms with van der Waals surface area (Å²) in [5.41, 5.74) is 3.63. The highest BCUT2D eigenvalue weighted by Gasteiger charge is 2.61. The van der Waals surface area contributed by atoms with E-state index in [0.29, 0.717) is 0 Å². The van der Waals surface area contributed by atoms with E-state index in [2.05, 4.69) is 88.1 Å². The van der Waals surface area contributed by atoms with Crippen LogP contribution < -0.4 is 15.4 Å². The molecule has 0 radical (unpaired) electrons. The van der Waals surface area contributed by atoms with Gasteiger partial charge in [0.1, 0.15) is 0 Å². The lowest BCUT2D eigenvalue weighted by Gasteiger charge is -2.49. The summed E-state index contributed by atoms with van der Waals surface area (Å²) >= 11 is 0. The fourth-order valence-corrected chi connectivity index (χ4v) is 14.5. The van der Waals surface area contributed by atoms with Crippen LogP contribution in [0, 0.1) is 37.5 Å². The fourth-order valence-electron chi connectivity index (χ4n) is 8.29. The van der Waals surface area contributed by atoms with Crippen LogP contribution in [-0.4, -0.2) is 13.8 Å². The Kier molecular flexibility index (Phi) is 6.37. The van der Waals surface area contributed by atoms with Gasteiger partial charge in [-0.15, -0.1) is 0 Å². The summed E-state index contributed by atoms with van der Waals surface area (Å²) in [7, 11) is -2.26. The molecule has 0 saturated heterocycles. The summed E-state index contributed by atoms with van der Waals surface area (Å²) < 4.78 is 0. The summed E-state index contributed by atoms with van der Waals surface area (Å²) in [6.07, 6.45) is 11.7. The molecule has 4 atom stereocenters. The molecular weight excluding hydrogens is 414 g/mol. The second kappa shape index (κ2) is 9.00. The predicted molar refractivity (Wildman–Crippen MR) is 145 cm³/mol. The van der Waals surface area contributed by atoms with Crippen molar-refractivity contribution < 1.29 is 0 Å². The first-order valence-electron chi connectivity index (χ1n) is 13.7. The molecule has 3 aliphatic rings. The third-order valence-electron chi connectivity index (χ3n) is 9.31. The van der Waals surface area contributed by atoms with Gasteiger partial charge >= 0.3 is 0 Å². The van der Waals surface area contributed by atoms with Gasteiger partial charge < -0.3 is 4.98 Å². The molecule has 3 saturated carbocycles. The summed E-state index contributed by atoms with van der Waals surface area (Å²) in [4.78, 5) is 4.49. The Balaban J connectivity index is 1.76. The van der Waals surface area contributed by atoms with Gasteiger partial charge in [-0.25, -0.2) is 0 Å². The first-order valence-corrected chi connectivity index (χ1v) is 15.8. The Labute approximate surface area is 203 Å². The predicted octanol–water partition coefficient (Wildman–Crippen LogP) is 6.75. The third-order valence-corrected chi connectivity index (χ3v) is 14.8. The molecule has 1 nitrogen and oxygen atoms in total. The molecule has 1 N–H and O–H groups in total. The van der Waals surface area contributed by atoms with E-state index in [9.17, 15) is 0 Å². The lowest BCUT2D eigenvalue weighted by molar-refractivity contribution is 0.184. The monoisotopic (exact) mass is 459 g/mol. The van der Waals surface area contributed by atoms with Gasteiger partial charge in [-0.05, 0) is 87.0 Å². The minimum atomic E-state index is -2.26. The van der Waals surface area contributed by atoms with Crippen LogP contribution in [0.15, 0.2) is 48.5 Å². The van der Waals surface area contributed by atoms with Crippen molar-refractivity contribution in [1.82, 2.24) is 4.98 Å². The minimum Gasteiger partial charge on any atom is -0.325 e. The maximum Gasteiger partial charge on any atom is 0.194 e. The average molecular weight is 460 g/mol. The zero-order valence-corrected chi connectivity index (χ0v) is 22.7. The normalized spacial score (nSPS) is 30.0. The molecule has 0 aliphatic heterocycles. The molecule has 2 heteroatoms. The second-order valence-electron chi connectivity index (χ2n) is 12.7. The van der Waals surface area contributed by atoms with E-state index in [-0.39, 0.29) is 5.54 Å². The molecule has 3 fully saturated rings. The van der Waals surface area contributed by atoms with Crippen molar-refractivity contribution in [3.63, 3.8) is 0 Å². The van der Waals surface area contributed by atoms with Crippen molar-refractivity contribution in [2.45, 2.75) is 97.1 Å². The van der Waals surface area contributed by atoms with E-state index in [1.165, 1.54) is 62.5 Å². The first kappa shape index (κ1) is 23.4. The van der Waals surface area contributed by atoms with Gasteiger partial charge in [0.05, 0.1) is 0 Å². The number of rotatable bonds is 4. The molecular formula is C31H45NSi. The zero-order chi connectivity index (χ0) is 23.2. The minimum absolute atomic E-state index is 0.0823. The van der Waals surface area contributed by atoms with Gasteiger partial charge in [-0.3, -0.25) is 0 Å². The maximum absolute atomic E-state index is 4.49. The van der Waals surface area contributed by atoms with Crippen LogP contribution in [0.4, 0.5) is 0 Å². The third kappa shape index (κ3) is 4.27. The molecule has 4 unspecified atom stereocenters. The molecule has 2 aromatic rings. The number of hydrogen-bond acceptors (Lipinski definition) is 1. The van der Waals surface area contributed by atoms with Crippen molar-refractivity contribution in [1.29, 1.82) is 0 Å². The largest absolute Gasteiger partial charge is 0.325 e. The highest BCUT2D eigenvalue weighted by Crippen LogP contribution is 2.62. The van der Waals surface area contributed by atoms with Gasteiger partial charge in [0.2, 0.25) is 0 Å². The summed E-state index contributed by atoms with van der Waals surface area (Å²) in [5.74, 6) is 3.74. The Morgan fingerprint density at radius 2 is 0.970 bits per heavy atom. The Hall–Kier alpha value is -1.38. The van der Waals surface area contributed by atoms with E-state index >= 15 is 0 Å². The van der Waals surface area contributed by atoms with Crippen LogP contribution in [0.1, 0.15) is 83.3 Å². The molecule has 2 aromatic carbocycles. The van der Waals surface area contributed by atoms with Gasteiger partial charge in [-0.1, -0.05) is 98.2 Å². The molecule has 0 spiro atoms. The van der Waals surface area contributed by atoms with Crippen LogP contribution in [0.25, 0.3) is 0 Å². The maximum atomic E-state index is 4.49. The summed E-state index contributed by atoms with van der Waals surface area (Å²) in [6, 6.07) is 19.5. The van der Waals surface area contributed by atoms with E-state index in [0.717, 1.165) is 29.2 Å². The quantitative estimate of drug-likeness (QED) is 0.499. The number of benzene rings is 2. The molecule has 0 aromatic heterocycles. The molecule has 0 amide bonds. The van der Waals surface area contributed by atoms with Gasteiger partial charge in [0.15, 0.2) is 8.24 Å². The van der Waals surface area contributed by atoms with Crippen molar-refractivity contribution in [3.05, 3.63) is 59.7 Å². The lowest BCUT2D eigenvalue weighted by atomic mass is 9.73. The van der Waals surface area contributed by atoms with Crippen molar-refractivity contribution >= 4 is 18.6 Å². The standard InChI is InChI=1S/C31H45NSi/c1-22-14-18-24(19-15-22)33(32-31(3,4)5,25-20-16-23(2)17-21-25)30-28-12-8-6-10-26(28)27-11-7-9-13-29(27)30/h14-21,26-30,32H,6-13H2,1-5H3. The lowest BCUT2D eigenvalue weighted by Crippen LogP contribution is -2.76. The average Bonchev–Trinajstić information content (AvgIpc) is 3.13. The zero-order valence-electron chi connectivity index (χ0n) is 21.7.